The molecule has 2 rings (SSSR count). The molecule has 0 aliphatic carbocycles. The lowest BCUT2D eigenvalue weighted by molar-refractivity contribution is 0.407. The van der Waals surface area contributed by atoms with Crippen molar-refractivity contribution in [1.29, 1.82) is 0 Å². The fraction of sp³-hybridized carbons (Fsp3) is 0.667. The molecule has 18 heavy (non-hydrogen) atoms. The molecular weight excluding hydrogens is 270 g/mol. The summed E-state index contributed by atoms with van der Waals surface area (Å²) in [7, 11) is -1.06. The van der Waals surface area contributed by atoms with Crippen molar-refractivity contribution in [2.75, 3.05) is 18.8 Å². The Morgan fingerprint density at radius 1 is 1.39 bits per heavy atom. The highest BCUT2D eigenvalue weighted by atomic mass is 35.5. The summed E-state index contributed by atoms with van der Waals surface area (Å²) in [5.74, 6) is 1.17. The van der Waals surface area contributed by atoms with Crippen LogP contribution in [0.15, 0.2) is 11.2 Å². The van der Waals surface area contributed by atoms with Gasteiger partial charge >= 0.3 is 0 Å². The van der Waals surface area contributed by atoms with Crippen molar-refractivity contribution < 1.29 is 4.21 Å². The van der Waals surface area contributed by atoms with Crippen molar-refractivity contribution in [2.45, 2.75) is 31.8 Å². The lowest BCUT2D eigenvalue weighted by atomic mass is 10.0. The zero-order chi connectivity index (χ0) is 12.3. The first kappa shape index (κ1) is 15.5. The second-order valence-electron chi connectivity index (χ2n) is 4.66. The summed E-state index contributed by atoms with van der Waals surface area (Å²) in [4.78, 5) is 8.54. The Kier molecular flexibility index (Phi) is 6.18. The molecule has 0 saturated carbocycles. The van der Waals surface area contributed by atoms with E-state index in [2.05, 4.69) is 15.3 Å². The first-order valence-corrected chi connectivity index (χ1v) is 7.38. The smallest absolute Gasteiger partial charge is 0.218 e. The predicted molar refractivity (Wildman–Crippen MR) is 75.6 cm³/mol. The van der Waals surface area contributed by atoms with Crippen molar-refractivity contribution in [1.82, 2.24) is 15.3 Å². The highest BCUT2D eigenvalue weighted by Crippen LogP contribution is 2.14. The molecule has 102 valence electrons. The third kappa shape index (κ3) is 4.30. The van der Waals surface area contributed by atoms with Gasteiger partial charge in [-0.1, -0.05) is 0 Å². The molecule has 6 heteroatoms. The van der Waals surface area contributed by atoms with E-state index >= 15 is 0 Å². The number of hydrogen-bond donors (Lipinski definition) is 1. The molecule has 1 aromatic rings. The summed E-state index contributed by atoms with van der Waals surface area (Å²) in [6.45, 7) is 5.88. The van der Waals surface area contributed by atoms with Crippen LogP contribution in [0.3, 0.4) is 0 Å². The Labute approximate surface area is 117 Å². The van der Waals surface area contributed by atoms with E-state index < -0.39 is 10.8 Å². The normalized spacial score (nSPS) is 21.1. The van der Waals surface area contributed by atoms with Gasteiger partial charge in [-0.05, 0) is 51.8 Å². The van der Waals surface area contributed by atoms with Gasteiger partial charge in [0.15, 0.2) is 0 Å². The van der Waals surface area contributed by atoms with Crippen LogP contribution in [0, 0.1) is 19.8 Å². The van der Waals surface area contributed by atoms with Crippen LogP contribution in [0.2, 0.25) is 0 Å². The highest BCUT2D eigenvalue weighted by molar-refractivity contribution is 7.84. The molecule has 1 aliphatic heterocycles. The van der Waals surface area contributed by atoms with Crippen molar-refractivity contribution in [3.8, 4) is 0 Å². The minimum atomic E-state index is -1.06. The molecule has 1 aromatic heterocycles. The fourth-order valence-corrected chi connectivity index (χ4v) is 3.50. The van der Waals surface area contributed by atoms with Crippen LogP contribution >= 0.6 is 12.4 Å². The predicted octanol–water partition coefficient (Wildman–Crippen LogP) is 1.62. The van der Waals surface area contributed by atoms with Gasteiger partial charge in [0.25, 0.3) is 0 Å². The van der Waals surface area contributed by atoms with Crippen LogP contribution in [0.5, 0.6) is 0 Å². The lowest BCUT2D eigenvalue weighted by Gasteiger charge is -2.21. The van der Waals surface area contributed by atoms with Gasteiger partial charge in [0.05, 0.1) is 10.8 Å². The van der Waals surface area contributed by atoms with E-state index in [1.54, 1.807) is 0 Å². The maximum Gasteiger partial charge on any atom is 0.218 e. The Morgan fingerprint density at radius 3 is 2.61 bits per heavy atom. The van der Waals surface area contributed by atoms with Crippen LogP contribution in [0.1, 0.15) is 24.2 Å². The van der Waals surface area contributed by atoms with Gasteiger partial charge in [-0.2, -0.15) is 0 Å². The molecule has 2 atom stereocenters. The number of nitrogens with one attached hydrogen (secondary N) is 1. The largest absolute Gasteiger partial charge is 0.316 e. The van der Waals surface area contributed by atoms with Crippen molar-refractivity contribution in [3.05, 3.63) is 17.5 Å². The summed E-state index contributed by atoms with van der Waals surface area (Å²) in [6, 6.07) is 1.91. The van der Waals surface area contributed by atoms with Crippen LogP contribution in [-0.4, -0.2) is 33.0 Å². The van der Waals surface area contributed by atoms with E-state index in [9.17, 15) is 4.21 Å². The molecule has 0 bridgehead atoms. The number of aryl methyl sites for hydroxylation is 2. The zero-order valence-corrected chi connectivity index (χ0v) is 12.4. The average Bonchev–Trinajstić information content (AvgIpc) is 2.29. The molecule has 0 spiro atoms. The molecule has 1 aliphatic rings. The van der Waals surface area contributed by atoms with Gasteiger partial charge in [-0.25, -0.2) is 9.97 Å². The van der Waals surface area contributed by atoms with Crippen LogP contribution < -0.4 is 5.32 Å². The van der Waals surface area contributed by atoms with Gasteiger partial charge in [0, 0.05) is 17.1 Å². The molecule has 0 radical (unpaired) electrons. The quantitative estimate of drug-likeness (QED) is 0.859. The van der Waals surface area contributed by atoms with Gasteiger partial charge in [-0.3, -0.25) is 4.21 Å². The van der Waals surface area contributed by atoms with E-state index in [1.807, 2.05) is 19.9 Å². The molecule has 2 unspecified atom stereocenters. The molecular formula is C12H20ClN3OS. The maximum absolute atomic E-state index is 12.2. The third-order valence-electron chi connectivity index (χ3n) is 2.95. The number of piperidine rings is 1. The van der Waals surface area contributed by atoms with Crippen molar-refractivity contribution in [2.24, 2.45) is 5.92 Å². The minimum absolute atomic E-state index is 0. The number of rotatable bonds is 3. The first-order valence-electron chi connectivity index (χ1n) is 6.06. The van der Waals surface area contributed by atoms with Gasteiger partial charge < -0.3 is 5.32 Å². The van der Waals surface area contributed by atoms with Gasteiger partial charge in [0.2, 0.25) is 5.16 Å². The topological polar surface area (TPSA) is 54.9 Å². The minimum Gasteiger partial charge on any atom is -0.316 e. The Morgan fingerprint density at radius 2 is 2.06 bits per heavy atom. The summed E-state index contributed by atoms with van der Waals surface area (Å²) in [5, 5.41) is 3.83. The highest BCUT2D eigenvalue weighted by Gasteiger charge is 2.18. The lowest BCUT2D eigenvalue weighted by Crippen LogP contribution is -2.32. The molecule has 1 saturated heterocycles. The number of nitrogens with zero attached hydrogens (tertiary/aromatic N) is 2. The standard InChI is InChI=1S/C12H19N3OS.ClH/c1-9-6-10(2)15-12(14-9)17(16)8-11-4-3-5-13-7-11;/h6,11,13H,3-5,7-8H2,1-2H3;1H. The van der Waals surface area contributed by atoms with E-state index in [0.29, 0.717) is 16.8 Å². The monoisotopic (exact) mass is 289 g/mol. The second-order valence-corrected chi connectivity index (χ2v) is 6.05. The summed E-state index contributed by atoms with van der Waals surface area (Å²) >= 11 is 0. The van der Waals surface area contributed by atoms with Crippen LogP contribution in [-0.2, 0) is 10.8 Å². The molecule has 1 N–H and O–H groups in total. The van der Waals surface area contributed by atoms with E-state index in [-0.39, 0.29) is 12.4 Å². The Hall–Kier alpha value is -0.520. The number of halogens is 1. The van der Waals surface area contributed by atoms with Crippen molar-refractivity contribution >= 4 is 23.2 Å². The molecule has 0 amide bonds. The summed E-state index contributed by atoms with van der Waals surface area (Å²) < 4.78 is 12.2. The summed E-state index contributed by atoms with van der Waals surface area (Å²) in [6.07, 6.45) is 2.33. The van der Waals surface area contributed by atoms with Crippen LogP contribution in [0.25, 0.3) is 0 Å². The Bertz CT molecular complexity index is 402. The fourth-order valence-electron chi connectivity index (χ4n) is 2.15. The molecule has 2 heterocycles. The van der Waals surface area contributed by atoms with Gasteiger partial charge in [-0.15, -0.1) is 12.4 Å². The molecule has 4 nitrogen and oxygen atoms in total. The molecule has 1 fully saturated rings. The zero-order valence-electron chi connectivity index (χ0n) is 10.8. The van der Waals surface area contributed by atoms with Crippen LogP contribution in [0.4, 0.5) is 0 Å². The van der Waals surface area contributed by atoms with Crippen molar-refractivity contribution in [3.63, 3.8) is 0 Å². The van der Waals surface area contributed by atoms with E-state index in [0.717, 1.165) is 30.9 Å². The Balaban J connectivity index is 0.00000162. The number of aromatic nitrogens is 2. The second kappa shape index (κ2) is 7.16. The maximum atomic E-state index is 12.2. The van der Waals surface area contributed by atoms with E-state index in [1.165, 1.54) is 6.42 Å². The third-order valence-corrected chi connectivity index (χ3v) is 4.32. The van der Waals surface area contributed by atoms with E-state index in [4.69, 9.17) is 0 Å². The van der Waals surface area contributed by atoms with Gasteiger partial charge in [0.1, 0.15) is 0 Å². The first-order chi connectivity index (χ1) is 8.15. The summed E-state index contributed by atoms with van der Waals surface area (Å²) in [5.41, 5.74) is 1.78. The average molecular weight is 290 g/mol. The SMILES string of the molecule is Cc1cc(C)nc(S(=O)CC2CCCNC2)n1.Cl. The number of hydrogen-bond acceptors (Lipinski definition) is 4. The molecule has 0 aromatic carbocycles.